The van der Waals surface area contributed by atoms with Crippen LogP contribution in [0.15, 0.2) is 48.6 Å². The van der Waals surface area contributed by atoms with E-state index in [1.807, 2.05) is 27.2 Å². The van der Waals surface area contributed by atoms with E-state index in [0.29, 0.717) is 17.4 Å². The third-order valence-electron chi connectivity index (χ3n) is 12.0. The normalized spacial score (nSPS) is 14.4. The smallest absolute Gasteiger partial charge is 0.387 e. The van der Waals surface area contributed by atoms with E-state index < -0.39 is 20.0 Å². The van der Waals surface area contributed by atoms with Crippen LogP contribution in [0.4, 0.5) is 0 Å². The third-order valence-corrected chi connectivity index (χ3v) is 13.0. The van der Waals surface area contributed by atoms with Crippen molar-refractivity contribution < 1.29 is 32.9 Å². The monoisotopic (exact) mass is 922 g/mol. The Kier molecular flexibility index (Phi) is 45.4. The Bertz CT molecular complexity index is 1180. The number of carbonyl (C=O) groups excluding carboxylic acids is 1. The van der Waals surface area contributed by atoms with Crippen LogP contribution in [0.5, 0.6) is 0 Å². The third kappa shape index (κ3) is 48.4. The molecule has 3 atom stereocenters. The van der Waals surface area contributed by atoms with Gasteiger partial charge in [0.25, 0.3) is 0 Å². The summed E-state index contributed by atoms with van der Waals surface area (Å²) >= 11 is 0. The largest absolute Gasteiger partial charge is 0.472 e. The summed E-state index contributed by atoms with van der Waals surface area (Å²) in [5, 5.41) is 13.8. The number of quaternary nitrogens is 1. The van der Waals surface area contributed by atoms with E-state index in [9.17, 15) is 19.4 Å². The summed E-state index contributed by atoms with van der Waals surface area (Å²) in [4.78, 5) is 23.2. The molecule has 0 saturated carbocycles. The highest BCUT2D eigenvalue weighted by atomic mass is 31.2. The molecule has 1 amide bonds. The van der Waals surface area contributed by atoms with Crippen LogP contribution in [0.3, 0.4) is 0 Å². The Morgan fingerprint density at radius 1 is 0.531 bits per heavy atom. The van der Waals surface area contributed by atoms with Gasteiger partial charge in [0.15, 0.2) is 0 Å². The van der Waals surface area contributed by atoms with Gasteiger partial charge in [0, 0.05) is 6.42 Å². The molecule has 0 bridgehead atoms. The molecule has 3 N–H and O–H groups in total. The van der Waals surface area contributed by atoms with Crippen molar-refractivity contribution in [2.24, 2.45) is 0 Å². The highest BCUT2D eigenvalue weighted by Crippen LogP contribution is 2.43. The SMILES string of the molecule is CCCCCCC/C=C/CC/C=C/C(O)C(COP(=O)(O)OCC[N+](C)(C)C)NC(=O)CCCCCCCCCCCCCCCCC/C=C\C/C=C\CCCCCCCCCCC. The van der Waals surface area contributed by atoms with Crippen LogP contribution < -0.4 is 5.32 Å². The van der Waals surface area contributed by atoms with Gasteiger partial charge in [-0.15, -0.1) is 0 Å². The Balaban J connectivity index is 4.05. The van der Waals surface area contributed by atoms with Gasteiger partial charge in [-0.2, -0.15) is 0 Å². The van der Waals surface area contributed by atoms with Crippen molar-refractivity contribution in [3.8, 4) is 0 Å². The Morgan fingerprint density at radius 2 is 0.906 bits per heavy atom. The van der Waals surface area contributed by atoms with E-state index in [1.165, 1.54) is 180 Å². The molecule has 0 aliphatic carbocycles. The quantitative estimate of drug-likeness (QED) is 0.0243. The van der Waals surface area contributed by atoms with Gasteiger partial charge < -0.3 is 19.8 Å². The summed E-state index contributed by atoms with van der Waals surface area (Å²) in [5.41, 5.74) is 0. The number of nitrogens with one attached hydrogen (secondary N) is 1. The Morgan fingerprint density at radius 3 is 1.34 bits per heavy atom. The molecule has 0 aliphatic rings. The van der Waals surface area contributed by atoms with E-state index in [2.05, 4.69) is 55.6 Å². The minimum atomic E-state index is -4.35. The summed E-state index contributed by atoms with van der Waals surface area (Å²) < 4.78 is 23.6. The maximum atomic E-state index is 12.9. The fourth-order valence-corrected chi connectivity index (χ4v) is 8.47. The molecule has 8 nitrogen and oxygen atoms in total. The van der Waals surface area contributed by atoms with Crippen molar-refractivity contribution in [1.29, 1.82) is 0 Å². The highest BCUT2D eigenvalue weighted by molar-refractivity contribution is 7.47. The van der Waals surface area contributed by atoms with Crippen molar-refractivity contribution in [3.05, 3.63) is 48.6 Å². The van der Waals surface area contributed by atoms with Crippen LogP contribution in [0.25, 0.3) is 0 Å². The van der Waals surface area contributed by atoms with Crippen molar-refractivity contribution in [3.63, 3.8) is 0 Å². The molecule has 376 valence electrons. The number of allylic oxidation sites excluding steroid dienone is 7. The first-order valence-corrected chi connectivity index (χ1v) is 28.5. The lowest BCUT2D eigenvalue weighted by molar-refractivity contribution is -0.870. The van der Waals surface area contributed by atoms with Crippen LogP contribution in [0, 0.1) is 0 Å². The zero-order valence-corrected chi connectivity index (χ0v) is 43.7. The maximum absolute atomic E-state index is 12.9. The van der Waals surface area contributed by atoms with Crippen molar-refractivity contribution in [1.82, 2.24) is 5.32 Å². The van der Waals surface area contributed by atoms with E-state index in [-0.39, 0.29) is 19.1 Å². The minimum absolute atomic E-state index is 0.0557. The summed E-state index contributed by atoms with van der Waals surface area (Å²) in [5.74, 6) is -0.188. The van der Waals surface area contributed by atoms with Gasteiger partial charge in [-0.25, -0.2) is 4.57 Å². The molecule has 0 radical (unpaired) electrons. The number of carbonyl (C=O) groups is 1. The standard InChI is InChI=1S/C55H105N2O6P/c1-6-8-10-12-14-16-18-19-20-21-22-23-24-25-26-27-28-29-30-31-32-33-34-35-36-37-39-41-43-45-47-49-55(59)56-53(52-63-64(60,61)62-51-50-57(3,4)5)54(58)48-46-44-42-40-38-17-15-13-11-9-7-2/h22-23,25-26,38,40,46,48,53-54,58H,6-21,24,27-37,39,41-45,47,49-52H2,1-5H3,(H-,56,59,60,61)/p+1/b23-22-,26-25-,40-38+,48-46+. The number of aliphatic hydroxyl groups is 1. The number of phosphoric acid groups is 1. The molecule has 64 heavy (non-hydrogen) atoms. The lowest BCUT2D eigenvalue weighted by Gasteiger charge is -2.25. The molecule has 0 aromatic heterocycles. The van der Waals surface area contributed by atoms with Crippen LogP contribution in [0.1, 0.15) is 245 Å². The van der Waals surface area contributed by atoms with Crippen molar-refractivity contribution in [2.45, 2.75) is 257 Å². The number of hydrogen-bond acceptors (Lipinski definition) is 5. The number of nitrogens with zero attached hydrogens (tertiary/aromatic N) is 1. The molecule has 0 rings (SSSR count). The molecule has 0 spiro atoms. The van der Waals surface area contributed by atoms with Gasteiger partial charge in [-0.05, 0) is 64.2 Å². The van der Waals surface area contributed by atoms with Crippen LogP contribution >= 0.6 is 7.82 Å². The van der Waals surface area contributed by atoms with Crippen LogP contribution in [0.2, 0.25) is 0 Å². The average Bonchev–Trinajstić information content (AvgIpc) is 3.25. The zero-order valence-electron chi connectivity index (χ0n) is 42.8. The van der Waals surface area contributed by atoms with E-state index in [1.54, 1.807) is 6.08 Å². The zero-order chi connectivity index (χ0) is 47.1. The summed E-state index contributed by atoms with van der Waals surface area (Å²) in [6, 6.07) is -0.862. The van der Waals surface area contributed by atoms with Gasteiger partial charge in [-0.3, -0.25) is 13.8 Å². The number of likely N-dealkylation sites (N-methyl/N-ethyl adjacent to an activating group) is 1. The molecule has 3 unspecified atom stereocenters. The number of rotatable bonds is 49. The molecule has 0 aromatic carbocycles. The van der Waals surface area contributed by atoms with Gasteiger partial charge in [0.2, 0.25) is 5.91 Å². The Hall–Kier alpha value is -1.54. The number of amides is 1. The second-order valence-corrected chi connectivity index (χ2v) is 21.0. The number of aliphatic hydroxyl groups excluding tert-OH is 1. The topological polar surface area (TPSA) is 105 Å². The lowest BCUT2D eigenvalue weighted by atomic mass is 10.0. The Labute approximate surface area is 397 Å². The number of phosphoric ester groups is 1. The first-order chi connectivity index (χ1) is 31.0. The molecule has 0 fully saturated rings. The maximum Gasteiger partial charge on any atom is 0.472 e. The van der Waals surface area contributed by atoms with Crippen LogP contribution in [-0.4, -0.2) is 73.4 Å². The first-order valence-electron chi connectivity index (χ1n) is 27.0. The fourth-order valence-electron chi connectivity index (χ4n) is 7.74. The summed E-state index contributed by atoms with van der Waals surface area (Å²) in [6.45, 7) is 4.77. The van der Waals surface area contributed by atoms with Crippen molar-refractivity contribution in [2.75, 3.05) is 40.9 Å². The summed E-state index contributed by atoms with van der Waals surface area (Å²) in [7, 11) is 1.55. The number of unbranched alkanes of at least 4 members (excludes halogenated alkanes) is 30. The first kappa shape index (κ1) is 62.5. The van der Waals surface area contributed by atoms with Gasteiger partial charge >= 0.3 is 7.82 Å². The predicted octanol–water partition coefficient (Wildman–Crippen LogP) is 16.0. The van der Waals surface area contributed by atoms with E-state index >= 15 is 0 Å². The van der Waals surface area contributed by atoms with Gasteiger partial charge in [-0.1, -0.05) is 223 Å². The molecule has 9 heteroatoms. The molecule has 0 aromatic rings. The van der Waals surface area contributed by atoms with E-state index in [0.717, 1.165) is 44.9 Å². The van der Waals surface area contributed by atoms with Gasteiger partial charge in [0.05, 0.1) is 39.9 Å². The molecular formula is C55H106N2O6P+. The minimum Gasteiger partial charge on any atom is -0.387 e. The highest BCUT2D eigenvalue weighted by Gasteiger charge is 2.27. The summed E-state index contributed by atoms with van der Waals surface area (Å²) in [6.07, 6.45) is 60.8. The second-order valence-electron chi connectivity index (χ2n) is 19.6. The number of hydrogen-bond donors (Lipinski definition) is 3. The fraction of sp³-hybridized carbons (Fsp3) is 0.836. The van der Waals surface area contributed by atoms with E-state index in [4.69, 9.17) is 9.05 Å². The average molecular weight is 922 g/mol. The second kappa shape index (κ2) is 46.6. The van der Waals surface area contributed by atoms with Gasteiger partial charge in [0.1, 0.15) is 13.2 Å². The van der Waals surface area contributed by atoms with Crippen molar-refractivity contribution >= 4 is 13.7 Å². The predicted molar refractivity (Wildman–Crippen MR) is 277 cm³/mol. The van der Waals surface area contributed by atoms with Crippen LogP contribution in [-0.2, 0) is 18.4 Å². The molecular weight excluding hydrogens is 816 g/mol. The lowest BCUT2D eigenvalue weighted by Crippen LogP contribution is -2.45. The molecule has 0 heterocycles. The molecule has 0 aliphatic heterocycles. The molecule has 0 saturated heterocycles.